The number of carbonyl (C=O) groups is 2. The number of nitrogens with zero attached hydrogens (tertiary/aromatic N) is 2. The molecule has 0 spiro atoms. The fourth-order valence-electron chi connectivity index (χ4n) is 2.65. The van der Waals surface area contributed by atoms with E-state index in [9.17, 15) is 9.59 Å². The normalized spacial score (nSPS) is 14.5. The Bertz CT molecular complexity index is 526. The summed E-state index contributed by atoms with van der Waals surface area (Å²) in [7, 11) is 0. The lowest BCUT2D eigenvalue weighted by atomic mass is 10.2. The van der Waals surface area contributed by atoms with E-state index >= 15 is 0 Å². The zero-order chi connectivity index (χ0) is 15.4. The molecule has 1 aliphatic heterocycles. The highest BCUT2D eigenvalue weighted by atomic mass is 16.2. The molecule has 5 heteroatoms. The standard InChI is InChI=1S/C16H23N3O2/c1-4-18(5-2)16(21)17-12(3)15(20)19-11-10-13-8-6-7-9-14(13)19/h6-9,12H,4-5,10-11H2,1-3H3,(H,17,21)/t12-/m1/s1. The summed E-state index contributed by atoms with van der Waals surface area (Å²) >= 11 is 0. The summed E-state index contributed by atoms with van der Waals surface area (Å²) in [5.74, 6) is -0.0551. The number of amides is 3. The quantitative estimate of drug-likeness (QED) is 0.922. The van der Waals surface area contributed by atoms with Gasteiger partial charge < -0.3 is 15.1 Å². The second-order valence-corrected chi connectivity index (χ2v) is 5.21. The highest BCUT2D eigenvalue weighted by Gasteiger charge is 2.28. The smallest absolute Gasteiger partial charge is 0.318 e. The fourth-order valence-corrected chi connectivity index (χ4v) is 2.65. The first-order valence-electron chi connectivity index (χ1n) is 7.53. The Morgan fingerprint density at radius 1 is 1.29 bits per heavy atom. The van der Waals surface area contributed by atoms with E-state index in [0.29, 0.717) is 19.6 Å². The Morgan fingerprint density at radius 2 is 1.95 bits per heavy atom. The van der Waals surface area contributed by atoms with Crippen LogP contribution in [0, 0.1) is 0 Å². The van der Waals surface area contributed by atoms with Gasteiger partial charge in [-0.25, -0.2) is 4.79 Å². The Kier molecular flexibility index (Phi) is 4.83. The third kappa shape index (κ3) is 3.17. The van der Waals surface area contributed by atoms with Crippen molar-refractivity contribution in [2.75, 3.05) is 24.5 Å². The SMILES string of the molecule is CCN(CC)C(=O)N[C@H](C)C(=O)N1CCc2ccccc21. The Morgan fingerprint density at radius 3 is 2.62 bits per heavy atom. The molecule has 1 aromatic rings. The zero-order valence-electron chi connectivity index (χ0n) is 12.9. The third-order valence-electron chi connectivity index (χ3n) is 3.91. The van der Waals surface area contributed by atoms with Crippen LogP contribution in [0.3, 0.4) is 0 Å². The Hall–Kier alpha value is -2.04. The number of carbonyl (C=O) groups excluding carboxylic acids is 2. The minimum atomic E-state index is -0.524. The first kappa shape index (κ1) is 15.4. The molecule has 3 amide bonds. The monoisotopic (exact) mass is 289 g/mol. The summed E-state index contributed by atoms with van der Waals surface area (Å²) in [4.78, 5) is 28.0. The first-order chi connectivity index (χ1) is 10.1. The van der Waals surface area contributed by atoms with E-state index in [4.69, 9.17) is 0 Å². The molecule has 1 aromatic carbocycles. The summed E-state index contributed by atoms with van der Waals surface area (Å²) in [6, 6.07) is 7.21. The van der Waals surface area contributed by atoms with Crippen LogP contribution in [0.15, 0.2) is 24.3 Å². The second-order valence-electron chi connectivity index (χ2n) is 5.21. The highest BCUT2D eigenvalue weighted by Crippen LogP contribution is 2.27. The van der Waals surface area contributed by atoms with Gasteiger partial charge in [0, 0.05) is 25.3 Å². The van der Waals surface area contributed by atoms with Crippen molar-refractivity contribution < 1.29 is 9.59 Å². The number of rotatable bonds is 4. The molecule has 0 fully saturated rings. The summed E-state index contributed by atoms with van der Waals surface area (Å²) in [5.41, 5.74) is 2.15. The highest BCUT2D eigenvalue weighted by molar-refractivity contribution is 6.00. The van der Waals surface area contributed by atoms with E-state index in [2.05, 4.69) is 5.32 Å². The topological polar surface area (TPSA) is 52.7 Å². The first-order valence-corrected chi connectivity index (χ1v) is 7.53. The second kappa shape index (κ2) is 6.61. The number of urea groups is 1. The molecule has 2 rings (SSSR count). The van der Waals surface area contributed by atoms with Crippen LogP contribution in [-0.2, 0) is 11.2 Å². The fraction of sp³-hybridized carbons (Fsp3) is 0.500. The van der Waals surface area contributed by atoms with Crippen LogP contribution in [0.1, 0.15) is 26.3 Å². The summed E-state index contributed by atoms with van der Waals surface area (Å²) in [6.45, 7) is 7.54. The van der Waals surface area contributed by atoms with E-state index in [1.54, 1.807) is 16.7 Å². The summed E-state index contributed by atoms with van der Waals surface area (Å²) in [5, 5.41) is 2.79. The van der Waals surface area contributed by atoms with Crippen molar-refractivity contribution in [3.8, 4) is 0 Å². The Balaban J connectivity index is 2.02. The van der Waals surface area contributed by atoms with Gasteiger partial charge in [-0.1, -0.05) is 18.2 Å². The van der Waals surface area contributed by atoms with Gasteiger partial charge in [0.05, 0.1) is 0 Å². The molecular formula is C16H23N3O2. The minimum absolute atomic E-state index is 0.0551. The van der Waals surface area contributed by atoms with Gasteiger partial charge in [-0.15, -0.1) is 0 Å². The largest absolute Gasteiger partial charge is 0.326 e. The summed E-state index contributed by atoms with van der Waals surface area (Å²) in [6.07, 6.45) is 0.874. The molecule has 114 valence electrons. The van der Waals surface area contributed by atoms with Crippen molar-refractivity contribution in [3.63, 3.8) is 0 Å². The van der Waals surface area contributed by atoms with E-state index in [1.807, 2.05) is 38.1 Å². The molecule has 0 radical (unpaired) electrons. The van der Waals surface area contributed by atoms with Crippen LogP contribution in [0.25, 0.3) is 0 Å². The average Bonchev–Trinajstić information content (AvgIpc) is 2.91. The predicted molar refractivity (Wildman–Crippen MR) is 83.4 cm³/mol. The molecule has 1 heterocycles. The Labute approximate surface area is 125 Å². The van der Waals surface area contributed by atoms with E-state index in [-0.39, 0.29) is 11.9 Å². The van der Waals surface area contributed by atoms with Gasteiger partial charge in [-0.05, 0) is 38.8 Å². The van der Waals surface area contributed by atoms with Crippen molar-refractivity contribution >= 4 is 17.6 Å². The number of nitrogens with one attached hydrogen (secondary N) is 1. The summed E-state index contributed by atoms with van der Waals surface area (Å²) < 4.78 is 0. The number of benzene rings is 1. The van der Waals surface area contributed by atoms with E-state index < -0.39 is 6.04 Å². The van der Waals surface area contributed by atoms with Gasteiger partial charge in [0.1, 0.15) is 6.04 Å². The maximum Gasteiger partial charge on any atom is 0.318 e. The zero-order valence-corrected chi connectivity index (χ0v) is 12.9. The lowest BCUT2D eigenvalue weighted by Crippen LogP contribution is -2.50. The van der Waals surface area contributed by atoms with Gasteiger partial charge in [0.15, 0.2) is 0 Å². The number of anilines is 1. The lowest BCUT2D eigenvalue weighted by molar-refractivity contribution is -0.119. The van der Waals surface area contributed by atoms with Gasteiger partial charge in [0.2, 0.25) is 5.91 Å². The number of hydrogen-bond donors (Lipinski definition) is 1. The molecule has 1 N–H and O–H groups in total. The molecule has 1 atom stereocenters. The number of para-hydroxylation sites is 1. The maximum atomic E-state index is 12.5. The molecule has 5 nitrogen and oxygen atoms in total. The average molecular weight is 289 g/mol. The molecule has 0 unspecified atom stereocenters. The van der Waals surface area contributed by atoms with Crippen molar-refractivity contribution in [2.45, 2.75) is 33.2 Å². The molecular weight excluding hydrogens is 266 g/mol. The van der Waals surface area contributed by atoms with Crippen LogP contribution >= 0.6 is 0 Å². The van der Waals surface area contributed by atoms with E-state index in [0.717, 1.165) is 12.1 Å². The van der Waals surface area contributed by atoms with Crippen molar-refractivity contribution in [3.05, 3.63) is 29.8 Å². The predicted octanol–water partition coefficient (Wildman–Crippen LogP) is 2.02. The van der Waals surface area contributed by atoms with Crippen molar-refractivity contribution in [1.82, 2.24) is 10.2 Å². The van der Waals surface area contributed by atoms with Crippen LogP contribution in [0.5, 0.6) is 0 Å². The van der Waals surface area contributed by atoms with Crippen LogP contribution in [-0.4, -0.2) is 42.5 Å². The molecule has 0 saturated heterocycles. The molecule has 0 aromatic heterocycles. The molecule has 0 aliphatic carbocycles. The number of hydrogen-bond acceptors (Lipinski definition) is 2. The minimum Gasteiger partial charge on any atom is -0.326 e. The van der Waals surface area contributed by atoms with Gasteiger partial charge >= 0.3 is 6.03 Å². The van der Waals surface area contributed by atoms with Crippen LogP contribution < -0.4 is 10.2 Å². The molecule has 21 heavy (non-hydrogen) atoms. The molecule has 1 aliphatic rings. The number of fused-ring (bicyclic) bond motifs is 1. The van der Waals surface area contributed by atoms with Gasteiger partial charge in [-0.2, -0.15) is 0 Å². The van der Waals surface area contributed by atoms with Crippen molar-refractivity contribution in [1.29, 1.82) is 0 Å². The lowest BCUT2D eigenvalue weighted by Gasteiger charge is -2.25. The molecule has 0 saturated carbocycles. The van der Waals surface area contributed by atoms with Crippen LogP contribution in [0.4, 0.5) is 10.5 Å². The maximum absolute atomic E-state index is 12.5. The third-order valence-corrected chi connectivity index (χ3v) is 3.91. The van der Waals surface area contributed by atoms with Crippen molar-refractivity contribution in [2.24, 2.45) is 0 Å². The molecule has 0 bridgehead atoms. The van der Waals surface area contributed by atoms with Crippen LogP contribution in [0.2, 0.25) is 0 Å². The van der Waals surface area contributed by atoms with Gasteiger partial charge in [0.25, 0.3) is 0 Å². The van der Waals surface area contributed by atoms with Gasteiger partial charge in [-0.3, -0.25) is 4.79 Å². The van der Waals surface area contributed by atoms with E-state index in [1.165, 1.54) is 5.56 Å².